The van der Waals surface area contributed by atoms with Gasteiger partial charge >= 0.3 is 6.09 Å². The van der Waals surface area contributed by atoms with E-state index in [4.69, 9.17) is 4.74 Å². The van der Waals surface area contributed by atoms with Crippen LogP contribution in [0.2, 0.25) is 0 Å². The highest BCUT2D eigenvalue weighted by molar-refractivity contribution is 5.68. The van der Waals surface area contributed by atoms with Gasteiger partial charge < -0.3 is 20.1 Å². The molecule has 2 N–H and O–H groups in total. The van der Waals surface area contributed by atoms with Crippen molar-refractivity contribution in [1.29, 1.82) is 0 Å². The van der Waals surface area contributed by atoms with Crippen LogP contribution in [0.3, 0.4) is 0 Å². The quantitative estimate of drug-likeness (QED) is 0.704. The van der Waals surface area contributed by atoms with E-state index in [1.54, 1.807) is 11.8 Å². The number of β-amino-alcohol motifs (C(OH)–C–C–N with tert-alkyl or cyclic N) is 1. The third kappa shape index (κ3) is 3.35. The first-order chi connectivity index (χ1) is 7.11. The van der Waals surface area contributed by atoms with Gasteiger partial charge in [-0.25, -0.2) is 4.79 Å². The van der Waals surface area contributed by atoms with Gasteiger partial charge in [0.05, 0.1) is 18.8 Å². The van der Waals surface area contributed by atoms with E-state index in [1.165, 1.54) is 0 Å². The van der Waals surface area contributed by atoms with Crippen molar-refractivity contribution in [1.82, 2.24) is 10.2 Å². The Hall–Kier alpha value is -0.810. The van der Waals surface area contributed by atoms with Crippen LogP contribution in [0.4, 0.5) is 4.79 Å². The lowest BCUT2D eigenvalue weighted by molar-refractivity contribution is 0.0457. The van der Waals surface area contributed by atoms with Crippen molar-refractivity contribution in [3.05, 3.63) is 0 Å². The second-order valence-corrected chi connectivity index (χ2v) is 3.88. The lowest BCUT2D eigenvalue weighted by Gasteiger charge is -2.23. The van der Waals surface area contributed by atoms with Crippen molar-refractivity contribution in [2.75, 3.05) is 32.8 Å². The molecular weight excluding hydrogens is 196 g/mol. The molecule has 0 saturated carbocycles. The Morgan fingerprint density at radius 2 is 2.33 bits per heavy atom. The minimum absolute atomic E-state index is 0.329. The minimum atomic E-state index is -0.789. The molecule has 1 unspecified atom stereocenters. The summed E-state index contributed by atoms with van der Waals surface area (Å²) < 4.78 is 4.88. The number of likely N-dealkylation sites (N-methyl/N-ethyl adjacent to an activating group) is 1. The third-order valence-electron chi connectivity index (χ3n) is 2.56. The predicted molar refractivity (Wildman–Crippen MR) is 56.7 cm³/mol. The molecule has 1 saturated heterocycles. The maximum Gasteiger partial charge on any atom is 0.409 e. The van der Waals surface area contributed by atoms with Crippen molar-refractivity contribution in [2.24, 2.45) is 0 Å². The lowest BCUT2D eigenvalue weighted by atomic mass is 10.0. The van der Waals surface area contributed by atoms with Gasteiger partial charge in [0.2, 0.25) is 0 Å². The number of rotatable bonds is 4. The van der Waals surface area contributed by atoms with Crippen LogP contribution >= 0.6 is 0 Å². The van der Waals surface area contributed by atoms with E-state index in [-0.39, 0.29) is 6.09 Å². The normalized spacial score (nSPS) is 25.7. The highest BCUT2D eigenvalue weighted by Gasteiger charge is 2.38. The van der Waals surface area contributed by atoms with E-state index in [9.17, 15) is 9.90 Å². The molecule has 5 nitrogen and oxygen atoms in total. The molecule has 15 heavy (non-hydrogen) atoms. The van der Waals surface area contributed by atoms with Gasteiger partial charge in [-0.15, -0.1) is 0 Å². The van der Waals surface area contributed by atoms with Crippen LogP contribution in [-0.4, -0.2) is 54.5 Å². The molecule has 1 fully saturated rings. The summed E-state index contributed by atoms with van der Waals surface area (Å²) in [7, 11) is 0. The summed E-state index contributed by atoms with van der Waals surface area (Å²) in [5.74, 6) is 0. The maximum atomic E-state index is 11.4. The first kappa shape index (κ1) is 12.3. The Bertz CT molecular complexity index is 223. The molecule has 0 radical (unpaired) electrons. The molecule has 0 bridgehead atoms. The fraction of sp³-hybridized carbons (Fsp3) is 0.900. The average Bonchev–Trinajstić information content (AvgIpc) is 2.59. The first-order valence-corrected chi connectivity index (χ1v) is 5.46. The number of hydrogen-bond acceptors (Lipinski definition) is 4. The molecule has 88 valence electrons. The van der Waals surface area contributed by atoms with E-state index in [2.05, 4.69) is 5.32 Å². The van der Waals surface area contributed by atoms with Crippen LogP contribution in [-0.2, 0) is 4.74 Å². The molecule has 1 amide bonds. The van der Waals surface area contributed by atoms with Gasteiger partial charge in [0, 0.05) is 13.1 Å². The van der Waals surface area contributed by atoms with Gasteiger partial charge in [0.1, 0.15) is 0 Å². The summed E-state index contributed by atoms with van der Waals surface area (Å²) >= 11 is 0. The van der Waals surface area contributed by atoms with Crippen molar-refractivity contribution in [3.8, 4) is 0 Å². The van der Waals surface area contributed by atoms with Crippen LogP contribution in [0.1, 0.15) is 20.3 Å². The summed E-state index contributed by atoms with van der Waals surface area (Å²) in [5.41, 5.74) is -0.789. The number of nitrogens with one attached hydrogen (secondary N) is 1. The molecule has 1 heterocycles. The highest BCUT2D eigenvalue weighted by Crippen LogP contribution is 2.20. The maximum absolute atomic E-state index is 11.4. The molecule has 0 aromatic heterocycles. The Morgan fingerprint density at radius 3 is 2.93 bits per heavy atom. The topological polar surface area (TPSA) is 61.8 Å². The molecular formula is C10H20N2O3. The zero-order valence-corrected chi connectivity index (χ0v) is 9.45. The average molecular weight is 216 g/mol. The predicted octanol–water partition coefficient (Wildman–Crippen LogP) is 0.189. The Kier molecular flexibility index (Phi) is 4.35. The smallest absolute Gasteiger partial charge is 0.409 e. The van der Waals surface area contributed by atoms with Gasteiger partial charge in [-0.2, -0.15) is 0 Å². The second kappa shape index (κ2) is 5.32. The molecule has 1 aliphatic rings. The zero-order valence-electron chi connectivity index (χ0n) is 9.45. The largest absolute Gasteiger partial charge is 0.450 e. The fourth-order valence-corrected chi connectivity index (χ4v) is 1.73. The number of amides is 1. The van der Waals surface area contributed by atoms with Crippen LogP contribution in [0.25, 0.3) is 0 Å². The number of likely N-dealkylation sites (tertiary alicyclic amines) is 1. The second-order valence-electron chi connectivity index (χ2n) is 3.88. The number of nitrogens with zero attached hydrogens (tertiary/aromatic N) is 1. The Labute approximate surface area is 90.4 Å². The van der Waals surface area contributed by atoms with Crippen molar-refractivity contribution >= 4 is 6.09 Å². The van der Waals surface area contributed by atoms with Gasteiger partial charge in [-0.1, -0.05) is 6.92 Å². The van der Waals surface area contributed by atoms with E-state index in [0.29, 0.717) is 32.7 Å². The molecule has 1 rings (SSSR count). The van der Waals surface area contributed by atoms with Crippen LogP contribution in [0, 0.1) is 0 Å². The zero-order chi connectivity index (χ0) is 11.3. The highest BCUT2D eigenvalue weighted by atomic mass is 16.6. The third-order valence-corrected chi connectivity index (χ3v) is 2.56. The summed E-state index contributed by atoms with van der Waals surface area (Å²) in [6.07, 6.45) is 0.281. The fourth-order valence-electron chi connectivity index (χ4n) is 1.73. The summed E-state index contributed by atoms with van der Waals surface area (Å²) in [6, 6.07) is 0. The summed E-state index contributed by atoms with van der Waals surface area (Å²) in [5, 5.41) is 13.2. The van der Waals surface area contributed by atoms with Crippen LogP contribution < -0.4 is 5.32 Å². The number of hydrogen-bond donors (Lipinski definition) is 2. The van der Waals surface area contributed by atoms with E-state index >= 15 is 0 Å². The van der Waals surface area contributed by atoms with Crippen LogP contribution in [0.15, 0.2) is 0 Å². The van der Waals surface area contributed by atoms with E-state index < -0.39 is 5.60 Å². The van der Waals surface area contributed by atoms with Crippen molar-refractivity contribution < 1.29 is 14.6 Å². The monoisotopic (exact) mass is 216 g/mol. The molecule has 0 spiro atoms. The molecule has 0 aromatic carbocycles. The number of ether oxygens (including phenoxy) is 1. The van der Waals surface area contributed by atoms with Crippen molar-refractivity contribution in [3.63, 3.8) is 0 Å². The lowest BCUT2D eigenvalue weighted by Crippen LogP contribution is -2.44. The Morgan fingerprint density at radius 1 is 1.60 bits per heavy atom. The molecule has 1 atom stereocenters. The molecule has 0 aliphatic carbocycles. The van der Waals surface area contributed by atoms with Crippen molar-refractivity contribution in [2.45, 2.75) is 25.9 Å². The summed E-state index contributed by atoms with van der Waals surface area (Å²) in [6.45, 7) is 6.42. The minimum Gasteiger partial charge on any atom is -0.450 e. The molecule has 1 aliphatic heterocycles. The number of carbonyl (C=O) groups excluding carboxylic acids is 1. The van der Waals surface area contributed by atoms with Gasteiger partial charge in [0.15, 0.2) is 0 Å². The molecule has 5 heteroatoms. The van der Waals surface area contributed by atoms with E-state index in [1.807, 2.05) is 6.92 Å². The first-order valence-electron chi connectivity index (χ1n) is 5.46. The van der Waals surface area contributed by atoms with Crippen LogP contribution in [0.5, 0.6) is 0 Å². The summed E-state index contributed by atoms with van der Waals surface area (Å²) in [4.78, 5) is 12.9. The number of carbonyl (C=O) groups is 1. The Balaban J connectivity index is 2.40. The standard InChI is InChI=1S/C10H20N2O3/c1-3-11-7-10(14)5-6-12(8-10)9(13)15-4-2/h11,14H,3-8H2,1-2H3. The number of aliphatic hydroxyl groups is 1. The van der Waals surface area contributed by atoms with Gasteiger partial charge in [-0.05, 0) is 19.9 Å². The van der Waals surface area contributed by atoms with Gasteiger partial charge in [0.25, 0.3) is 0 Å². The SMILES string of the molecule is CCNCC1(O)CCN(C(=O)OCC)C1. The van der Waals surface area contributed by atoms with Gasteiger partial charge in [-0.3, -0.25) is 0 Å². The molecule has 0 aromatic rings. The van der Waals surface area contributed by atoms with E-state index in [0.717, 1.165) is 6.54 Å².